The largest absolute Gasteiger partial charge is 0.497 e. The molecule has 0 aromatic heterocycles. The number of methoxy groups -OCH3 is 1. The summed E-state index contributed by atoms with van der Waals surface area (Å²) in [6.45, 7) is 5.77. The van der Waals surface area contributed by atoms with Crippen molar-refractivity contribution in [3.8, 4) is 5.75 Å². The molecule has 1 aromatic rings. The third-order valence-corrected chi connectivity index (χ3v) is 6.24. The normalized spacial score (nSPS) is 27.7. The number of ketones is 1. The minimum absolute atomic E-state index is 0.00226. The lowest BCUT2D eigenvalue weighted by Gasteiger charge is -2.48. The molecule has 0 saturated heterocycles. The van der Waals surface area contributed by atoms with Gasteiger partial charge in [-0.3, -0.25) is 4.79 Å². The summed E-state index contributed by atoms with van der Waals surface area (Å²) >= 11 is 0. The fraction of sp³-hybridized carbons (Fsp3) is 0.500. The van der Waals surface area contributed by atoms with Crippen molar-refractivity contribution >= 4 is 5.78 Å². The number of carbonyl (C=O) groups excluding carboxylic acids is 1. The summed E-state index contributed by atoms with van der Waals surface area (Å²) in [6.07, 6.45) is -4.53. The number of allylic oxidation sites excluding steroid dienone is 3. The Morgan fingerprint density at radius 2 is 2.00 bits per heavy atom. The number of carbonyl (C=O) groups is 1. The second kappa shape index (κ2) is 6.68. The summed E-state index contributed by atoms with van der Waals surface area (Å²) in [5.41, 5.74) is -0.940. The van der Waals surface area contributed by atoms with E-state index in [-0.39, 0.29) is 29.6 Å². The molecule has 8 heteroatoms. The van der Waals surface area contributed by atoms with Gasteiger partial charge in [-0.25, -0.2) is 0 Å². The second-order valence-electron chi connectivity index (χ2n) is 8.81. The minimum atomic E-state index is -4.68. The zero-order chi connectivity index (χ0) is 21.9. The summed E-state index contributed by atoms with van der Waals surface area (Å²) in [7, 11) is 1.50. The van der Waals surface area contributed by atoms with Gasteiger partial charge in [-0.05, 0) is 36.0 Å². The van der Waals surface area contributed by atoms with Gasteiger partial charge in [-0.15, -0.1) is 5.11 Å². The number of alkyl halides is 3. The molecule has 30 heavy (non-hydrogen) atoms. The van der Waals surface area contributed by atoms with Crippen LogP contribution in [-0.4, -0.2) is 25.2 Å². The van der Waals surface area contributed by atoms with E-state index >= 15 is 0 Å². The highest BCUT2D eigenvalue weighted by Crippen LogP contribution is 2.56. The van der Waals surface area contributed by atoms with Crippen LogP contribution in [0.4, 0.5) is 13.2 Å². The Labute approximate surface area is 173 Å². The summed E-state index contributed by atoms with van der Waals surface area (Å²) in [4.78, 5) is 13.4. The van der Waals surface area contributed by atoms with Crippen LogP contribution in [0.2, 0.25) is 0 Å². The topological polar surface area (TPSA) is 63.0 Å². The maximum Gasteiger partial charge on any atom is 0.435 e. The molecule has 5 nitrogen and oxygen atoms in total. The molecular formula is C22H24F3N3O2. The van der Waals surface area contributed by atoms with Crippen molar-refractivity contribution in [3.63, 3.8) is 0 Å². The first-order chi connectivity index (χ1) is 14.0. The molecule has 1 unspecified atom stereocenters. The molecule has 0 fully saturated rings. The number of ether oxygens (including phenoxy) is 1. The third-order valence-electron chi connectivity index (χ3n) is 6.24. The van der Waals surface area contributed by atoms with Gasteiger partial charge in [0.25, 0.3) is 0 Å². The molecule has 1 aliphatic carbocycles. The SMILES string of the molecule is CC[C@@]1(c2cccc(OC)c2)C2=C(CC(C)(C)CC2=O)NC2N=NC(C(F)(F)F)=C21. The molecule has 2 aliphatic heterocycles. The molecule has 1 N–H and O–H groups in total. The smallest absolute Gasteiger partial charge is 0.435 e. The number of nitrogens with zero attached hydrogens (tertiary/aromatic N) is 2. The van der Waals surface area contributed by atoms with Gasteiger partial charge in [0.15, 0.2) is 17.6 Å². The molecular weight excluding hydrogens is 395 g/mol. The minimum Gasteiger partial charge on any atom is -0.497 e. The number of azo groups is 1. The predicted molar refractivity (Wildman–Crippen MR) is 105 cm³/mol. The lowest BCUT2D eigenvalue weighted by atomic mass is 9.58. The highest BCUT2D eigenvalue weighted by atomic mass is 19.4. The number of hydrogen-bond acceptors (Lipinski definition) is 5. The average molecular weight is 419 g/mol. The van der Waals surface area contributed by atoms with Crippen molar-refractivity contribution in [3.05, 3.63) is 52.4 Å². The van der Waals surface area contributed by atoms with Gasteiger partial charge in [0.1, 0.15) is 5.75 Å². The van der Waals surface area contributed by atoms with Crippen LogP contribution in [0.25, 0.3) is 0 Å². The zero-order valence-electron chi connectivity index (χ0n) is 17.4. The Morgan fingerprint density at radius 3 is 2.63 bits per heavy atom. The average Bonchev–Trinajstić information content (AvgIpc) is 3.10. The highest BCUT2D eigenvalue weighted by molar-refractivity contribution is 6.01. The molecule has 4 rings (SSSR count). The van der Waals surface area contributed by atoms with Crippen LogP contribution < -0.4 is 10.1 Å². The second-order valence-corrected chi connectivity index (χ2v) is 8.81. The maximum absolute atomic E-state index is 14.0. The van der Waals surface area contributed by atoms with Gasteiger partial charge in [-0.2, -0.15) is 18.3 Å². The first kappa shape index (κ1) is 20.6. The highest BCUT2D eigenvalue weighted by Gasteiger charge is 2.57. The molecule has 160 valence electrons. The fourth-order valence-electron chi connectivity index (χ4n) is 5.10. The van der Waals surface area contributed by atoms with Gasteiger partial charge in [-0.1, -0.05) is 32.9 Å². The standard InChI is InChI=1S/C22H24F3N3O2/c1-5-21(12-7-6-8-13(9-12)30-4)16-14(10-20(2,3)11-15(16)29)26-19-17(21)18(27-28-19)22(23,24)25/h6-9,19,26H,5,10-11H2,1-4H3/t19?,21-/m1/s1. The van der Waals surface area contributed by atoms with E-state index in [2.05, 4.69) is 15.5 Å². The van der Waals surface area contributed by atoms with E-state index in [0.29, 0.717) is 29.0 Å². The molecule has 0 spiro atoms. The molecule has 3 aliphatic rings. The molecule has 0 bridgehead atoms. The Bertz CT molecular complexity index is 1010. The Kier molecular flexibility index (Phi) is 4.60. The monoisotopic (exact) mass is 419 g/mol. The van der Waals surface area contributed by atoms with Crippen LogP contribution in [0.3, 0.4) is 0 Å². The van der Waals surface area contributed by atoms with Gasteiger partial charge in [0, 0.05) is 23.3 Å². The molecule has 0 radical (unpaired) electrons. The number of benzene rings is 1. The quantitative estimate of drug-likeness (QED) is 0.733. The molecule has 2 heterocycles. The van der Waals surface area contributed by atoms with Crippen molar-refractivity contribution < 1.29 is 22.7 Å². The van der Waals surface area contributed by atoms with Crippen molar-refractivity contribution in [2.75, 3.05) is 7.11 Å². The Hall–Kier alpha value is -2.64. The van der Waals surface area contributed by atoms with E-state index in [1.165, 1.54) is 7.11 Å². The van der Waals surface area contributed by atoms with Gasteiger partial charge < -0.3 is 10.1 Å². The van der Waals surface area contributed by atoms with Crippen molar-refractivity contribution in [2.24, 2.45) is 15.6 Å². The lowest BCUT2D eigenvalue weighted by molar-refractivity contribution is -0.119. The number of nitrogens with one attached hydrogen (secondary N) is 1. The molecule has 1 aromatic carbocycles. The van der Waals surface area contributed by atoms with Gasteiger partial charge in [0.05, 0.1) is 12.5 Å². The third kappa shape index (κ3) is 2.96. The van der Waals surface area contributed by atoms with Crippen molar-refractivity contribution in [2.45, 2.75) is 57.8 Å². The molecule has 2 atom stereocenters. The Balaban J connectivity index is 2.08. The van der Waals surface area contributed by atoms with Crippen LogP contribution in [0, 0.1) is 5.41 Å². The number of hydrogen-bond donors (Lipinski definition) is 1. The summed E-state index contributed by atoms with van der Waals surface area (Å²) in [5.74, 6) is 0.375. The fourth-order valence-corrected chi connectivity index (χ4v) is 5.10. The van der Waals surface area contributed by atoms with Crippen LogP contribution in [-0.2, 0) is 10.2 Å². The predicted octanol–water partition coefficient (Wildman–Crippen LogP) is 5.20. The molecule has 0 amide bonds. The van der Waals surface area contributed by atoms with E-state index in [9.17, 15) is 18.0 Å². The lowest BCUT2D eigenvalue weighted by Crippen LogP contribution is -2.52. The number of Topliss-reactive ketones (excluding diaryl/α,β-unsaturated/α-hetero) is 1. The number of rotatable bonds is 3. The number of fused-ring (bicyclic) bond motifs is 1. The number of halogens is 3. The van der Waals surface area contributed by atoms with Crippen molar-refractivity contribution in [1.82, 2.24) is 5.32 Å². The Morgan fingerprint density at radius 1 is 1.27 bits per heavy atom. The zero-order valence-corrected chi connectivity index (χ0v) is 17.4. The van der Waals surface area contributed by atoms with Crippen LogP contribution >= 0.6 is 0 Å². The van der Waals surface area contributed by atoms with E-state index in [4.69, 9.17) is 4.74 Å². The summed E-state index contributed by atoms with van der Waals surface area (Å²) < 4.78 is 47.2. The van der Waals surface area contributed by atoms with Gasteiger partial charge in [0.2, 0.25) is 0 Å². The summed E-state index contributed by atoms with van der Waals surface area (Å²) in [5, 5.41) is 10.6. The van der Waals surface area contributed by atoms with E-state index in [1.807, 2.05) is 13.8 Å². The van der Waals surface area contributed by atoms with Gasteiger partial charge >= 0.3 is 6.18 Å². The van der Waals surface area contributed by atoms with Crippen LogP contribution in [0.5, 0.6) is 5.75 Å². The maximum atomic E-state index is 14.0. The van der Waals surface area contributed by atoms with E-state index in [1.54, 1.807) is 31.2 Å². The van der Waals surface area contributed by atoms with E-state index < -0.39 is 23.5 Å². The van der Waals surface area contributed by atoms with E-state index in [0.717, 1.165) is 0 Å². The molecule has 0 saturated carbocycles. The van der Waals surface area contributed by atoms with Crippen molar-refractivity contribution in [1.29, 1.82) is 0 Å². The first-order valence-corrected chi connectivity index (χ1v) is 9.94. The first-order valence-electron chi connectivity index (χ1n) is 9.94. The van der Waals surface area contributed by atoms with Crippen LogP contribution in [0.1, 0.15) is 45.6 Å². The summed E-state index contributed by atoms with van der Waals surface area (Å²) in [6, 6.07) is 6.93. The van der Waals surface area contributed by atoms with Crippen LogP contribution in [0.15, 0.2) is 57.0 Å².